The number of hydrogen-bond acceptors (Lipinski definition) is 3. The van der Waals surface area contributed by atoms with E-state index < -0.39 is 5.97 Å². The van der Waals surface area contributed by atoms with Crippen LogP contribution < -0.4 is 0 Å². The smallest absolute Gasteiger partial charge is 0.303 e. The first-order chi connectivity index (χ1) is 7.11. The summed E-state index contributed by atoms with van der Waals surface area (Å²) in [5, 5.41) is 8.57. The lowest BCUT2D eigenvalue weighted by atomic mass is 9.82. The van der Waals surface area contributed by atoms with Crippen LogP contribution in [0.25, 0.3) is 0 Å². The van der Waals surface area contributed by atoms with Crippen LogP contribution in [0.5, 0.6) is 0 Å². The minimum absolute atomic E-state index is 0.109. The molecule has 2 unspecified atom stereocenters. The Labute approximate surface area is 88.9 Å². The Morgan fingerprint density at radius 3 is 2.93 bits per heavy atom. The Morgan fingerprint density at radius 1 is 1.60 bits per heavy atom. The maximum Gasteiger partial charge on any atom is 0.303 e. The van der Waals surface area contributed by atoms with E-state index >= 15 is 0 Å². The molecule has 15 heavy (non-hydrogen) atoms. The lowest BCUT2D eigenvalue weighted by molar-refractivity contribution is -0.138. The summed E-state index contributed by atoms with van der Waals surface area (Å²) in [6, 6.07) is 0. The molecule has 4 heteroatoms. The van der Waals surface area contributed by atoms with Gasteiger partial charge in [0.15, 0.2) is 0 Å². The van der Waals surface area contributed by atoms with Crippen molar-refractivity contribution in [3.63, 3.8) is 0 Å². The highest BCUT2D eigenvalue weighted by molar-refractivity contribution is 5.66. The zero-order chi connectivity index (χ0) is 11.3. The number of carboxylic acid groups (broad SMARTS) is 1. The number of ether oxygens (including phenoxy) is 1. The van der Waals surface area contributed by atoms with Crippen molar-refractivity contribution in [3.8, 4) is 0 Å². The molecule has 84 valence electrons. The number of rotatable bonds is 5. The molecule has 1 N–H and O–H groups in total. The number of aliphatic carboxylic acids is 1. The van der Waals surface area contributed by atoms with Crippen LogP contribution in [0.4, 0.5) is 0 Å². The Hall–Kier alpha value is -1.32. The molecular weight excluding hydrogens is 196 g/mol. The summed E-state index contributed by atoms with van der Waals surface area (Å²) in [5.41, 5.74) is 1.04. The fourth-order valence-electron chi connectivity index (χ4n) is 2.08. The summed E-state index contributed by atoms with van der Waals surface area (Å²) < 4.78 is 4.90. The summed E-state index contributed by atoms with van der Waals surface area (Å²) in [5.74, 6) is -0.494. The zero-order valence-corrected chi connectivity index (χ0v) is 8.65. The molecule has 0 aromatic heterocycles. The maximum absolute atomic E-state index is 10.4. The third-order valence-corrected chi connectivity index (χ3v) is 2.70. The molecule has 0 aromatic rings. The summed E-state index contributed by atoms with van der Waals surface area (Å²) in [6.45, 7) is 4.34. The van der Waals surface area contributed by atoms with Gasteiger partial charge in [0, 0.05) is 12.8 Å². The molecule has 1 aliphatic rings. The van der Waals surface area contributed by atoms with Crippen LogP contribution in [0.15, 0.2) is 12.2 Å². The normalized spacial score (nSPS) is 26.0. The molecule has 0 aromatic carbocycles. The van der Waals surface area contributed by atoms with E-state index in [0.29, 0.717) is 19.3 Å². The highest BCUT2D eigenvalue weighted by Crippen LogP contribution is 2.32. The van der Waals surface area contributed by atoms with Crippen molar-refractivity contribution in [1.29, 1.82) is 0 Å². The summed E-state index contributed by atoms with van der Waals surface area (Å²) in [6.07, 6.45) is 3.01. The van der Waals surface area contributed by atoms with E-state index in [4.69, 9.17) is 9.84 Å². The predicted molar refractivity (Wildman–Crippen MR) is 54.3 cm³/mol. The van der Waals surface area contributed by atoms with Crippen LogP contribution in [-0.4, -0.2) is 23.7 Å². The molecule has 0 saturated heterocycles. The van der Waals surface area contributed by atoms with Gasteiger partial charge < -0.3 is 9.84 Å². The fourth-order valence-corrected chi connectivity index (χ4v) is 2.08. The van der Waals surface area contributed by atoms with Gasteiger partial charge in [-0.2, -0.15) is 0 Å². The topological polar surface area (TPSA) is 63.6 Å². The largest absolute Gasteiger partial charge is 0.481 e. The lowest BCUT2D eigenvalue weighted by Crippen LogP contribution is -2.24. The number of carbonyl (C=O) groups excluding carboxylic acids is 1. The molecule has 1 saturated carbocycles. The summed E-state index contributed by atoms with van der Waals surface area (Å²) in [7, 11) is 0. The van der Waals surface area contributed by atoms with Crippen LogP contribution in [0, 0.1) is 5.92 Å². The quantitative estimate of drug-likeness (QED) is 0.557. The monoisotopic (exact) mass is 212 g/mol. The van der Waals surface area contributed by atoms with Crippen molar-refractivity contribution >= 4 is 12.4 Å². The first-order valence-electron chi connectivity index (χ1n) is 5.09. The standard InChI is InChI=1S/C11H16O4/c1-8-4-9(2-3-11(13)14)6-10(5-8)15-7-12/h7,9-10H,1-6H2,(H,13,14). The summed E-state index contributed by atoms with van der Waals surface area (Å²) in [4.78, 5) is 20.6. The van der Waals surface area contributed by atoms with Crippen molar-refractivity contribution in [2.45, 2.75) is 38.2 Å². The second-order valence-corrected chi connectivity index (χ2v) is 4.05. The van der Waals surface area contributed by atoms with Crippen molar-refractivity contribution < 1.29 is 19.4 Å². The van der Waals surface area contributed by atoms with E-state index in [1.807, 2.05) is 0 Å². The SMILES string of the molecule is C=C1CC(CCC(=O)O)CC(OC=O)C1. The van der Waals surface area contributed by atoms with E-state index in [1.165, 1.54) is 0 Å². The molecule has 0 bridgehead atoms. The van der Waals surface area contributed by atoms with Gasteiger partial charge in [-0.05, 0) is 25.2 Å². The molecule has 0 aliphatic heterocycles. The Kier molecular flexibility index (Phi) is 4.34. The molecule has 0 amide bonds. The zero-order valence-electron chi connectivity index (χ0n) is 8.65. The minimum atomic E-state index is -0.779. The van der Waals surface area contributed by atoms with Gasteiger partial charge in [-0.1, -0.05) is 12.2 Å². The Morgan fingerprint density at radius 2 is 2.33 bits per heavy atom. The Balaban J connectivity index is 2.40. The van der Waals surface area contributed by atoms with Crippen LogP contribution in [0.2, 0.25) is 0 Å². The highest BCUT2D eigenvalue weighted by Gasteiger charge is 2.25. The molecule has 0 spiro atoms. The van der Waals surface area contributed by atoms with Gasteiger partial charge in [0.1, 0.15) is 6.10 Å². The number of carbonyl (C=O) groups is 2. The van der Waals surface area contributed by atoms with Crippen LogP contribution in [0.3, 0.4) is 0 Å². The molecular formula is C11H16O4. The molecule has 2 atom stereocenters. The van der Waals surface area contributed by atoms with Gasteiger partial charge in [-0.25, -0.2) is 0 Å². The Bertz CT molecular complexity index is 259. The molecule has 0 radical (unpaired) electrons. The molecule has 0 heterocycles. The van der Waals surface area contributed by atoms with Crippen molar-refractivity contribution in [2.75, 3.05) is 0 Å². The molecule has 4 nitrogen and oxygen atoms in total. The van der Waals surface area contributed by atoms with Crippen molar-refractivity contribution in [1.82, 2.24) is 0 Å². The second kappa shape index (κ2) is 5.53. The average molecular weight is 212 g/mol. The second-order valence-electron chi connectivity index (χ2n) is 4.05. The number of carboxylic acids is 1. The van der Waals surface area contributed by atoms with Gasteiger partial charge >= 0.3 is 5.97 Å². The summed E-state index contributed by atoms with van der Waals surface area (Å²) >= 11 is 0. The molecule has 1 fully saturated rings. The van der Waals surface area contributed by atoms with E-state index in [-0.39, 0.29) is 18.4 Å². The number of hydrogen-bond donors (Lipinski definition) is 1. The van der Waals surface area contributed by atoms with Gasteiger partial charge in [0.2, 0.25) is 0 Å². The first-order valence-corrected chi connectivity index (χ1v) is 5.09. The van der Waals surface area contributed by atoms with Crippen LogP contribution in [-0.2, 0) is 14.3 Å². The first kappa shape index (κ1) is 11.8. The van der Waals surface area contributed by atoms with Crippen molar-refractivity contribution in [3.05, 3.63) is 12.2 Å². The molecule has 1 aliphatic carbocycles. The molecule has 1 rings (SSSR count). The fraction of sp³-hybridized carbons (Fsp3) is 0.636. The highest BCUT2D eigenvalue weighted by atomic mass is 16.5. The van der Waals surface area contributed by atoms with Gasteiger partial charge in [-0.3, -0.25) is 9.59 Å². The van der Waals surface area contributed by atoms with Crippen LogP contribution >= 0.6 is 0 Å². The lowest BCUT2D eigenvalue weighted by Gasteiger charge is -2.29. The van der Waals surface area contributed by atoms with Gasteiger partial charge in [-0.15, -0.1) is 0 Å². The van der Waals surface area contributed by atoms with E-state index in [2.05, 4.69) is 6.58 Å². The van der Waals surface area contributed by atoms with Crippen LogP contribution in [0.1, 0.15) is 32.1 Å². The van der Waals surface area contributed by atoms with Crippen molar-refractivity contribution in [2.24, 2.45) is 5.92 Å². The maximum atomic E-state index is 10.4. The third-order valence-electron chi connectivity index (χ3n) is 2.70. The minimum Gasteiger partial charge on any atom is -0.481 e. The van der Waals surface area contributed by atoms with E-state index in [0.717, 1.165) is 18.4 Å². The van der Waals surface area contributed by atoms with Gasteiger partial charge in [0.25, 0.3) is 6.47 Å². The van der Waals surface area contributed by atoms with Gasteiger partial charge in [0.05, 0.1) is 0 Å². The third kappa shape index (κ3) is 4.14. The van der Waals surface area contributed by atoms with E-state index in [1.54, 1.807) is 0 Å². The van der Waals surface area contributed by atoms with E-state index in [9.17, 15) is 9.59 Å². The predicted octanol–water partition coefficient (Wildman–Crippen LogP) is 1.75. The average Bonchev–Trinajstić information content (AvgIpc) is 2.14.